The van der Waals surface area contributed by atoms with Crippen molar-refractivity contribution >= 4 is 33.3 Å². The lowest BCUT2D eigenvalue weighted by molar-refractivity contribution is 0.101. The lowest BCUT2D eigenvalue weighted by atomic mass is 10.2. The fraction of sp³-hybridized carbons (Fsp3) is 0.389. The van der Waals surface area contributed by atoms with Crippen molar-refractivity contribution in [3.05, 3.63) is 36.0 Å². The summed E-state index contributed by atoms with van der Waals surface area (Å²) >= 11 is 0. The summed E-state index contributed by atoms with van der Waals surface area (Å²) in [5.74, 6) is 0.764. The van der Waals surface area contributed by atoms with Crippen molar-refractivity contribution in [1.82, 2.24) is 9.97 Å². The summed E-state index contributed by atoms with van der Waals surface area (Å²) in [6.45, 7) is 3.94. The SMILES string of the molecule is CC(=O)c1cccc(S(=O)(=O)Nc2cnc(N3CCOCC3)nc2N(C)C)c1. The van der Waals surface area contributed by atoms with Gasteiger partial charge in [0, 0.05) is 32.7 Å². The Balaban J connectivity index is 1.92. The van der Waals surface area contributed by atoms with Crippen LogP contribution in [-0.2, 0) is 14.8 Å². The Labute approximate surface area is 164 Å². The maximum atomic E-state index is 12.8. The Hall–Kier alpha value is -2.72. The van der Waals surface area contributed by atoms with Gasteiger partial charge in [0.05, 0.1) is 24.3 Å². The highest BCUT2D eigenvalue weighted by Gasteiger charge is 2.21. The number of anilines is 3. The molecule has 2 heterocycles. The zero-order chi connectivity index (χ0) is 20.3. The van der Waals surface area contributed by atoms with Crippen LogP contribution in [0.15, 0.2) is 35.4 Å². The highest BCUT2D eigenvalue weighted by molar-refractivity contribution is 7.92. The smallest absolute Gasteiger partial charge is 0.262 e. The number of carbonyl (C=O) groups is 1. The third kappa shape index (κ3) is 4.39. The van der Waals surface area contributed by atoms with Gasteiger partial charge in [0.1, 0.15) is 5.69 Å². The predicted molar refractivity (Wildman–Crippen MR) is 107 cm³/mol. The van der Waals surface area contributed by atoms with E-state index in [0.717, 1.165) is 0 Å². The van der Waals surface area contributed by atoms with Gasteiger partial charge >= 0.3 is 0 Å². The number of hydrogen-bond donors (Lipinski definition) is 1. The van der Waals surface area contributed by atoms with Gasteiger partial charge < -0.3 is 14.5 Å². The number of ether oxygens (including phenoxy) is 1. The van der Waals surface area contributed by atoms with E-state index in [1.165, 1.54) is 31.3 Å². The van der Waals surface area contributed by atoms with E-state index in [9.17, 15) is 13.2 Å². The summed E-state index contributed by atoms with van der Waals surface area (Å²) in [5, 5.41) is 0. The summed E-state index contributed by atoms with van der Waals surface area (Å²) in [7, 11) is -0.351. The number of ketones is 1. The van der Waals surface area contributed by atoms with Crippen LogP contribution < -0.4 is 14.5 Å². The van der Waals surface area contributed by atoms with Gasteiger partial charge in [0.2, 0.25) is 5.95 Å². The Morgan fingerprint density at radius 3 is 2.61 bits per heavy atom. The standard InChI is InChI=1S/C18H23N5O4S/c1-13(24)14-5-4-6-15(11-14)28(25,26)21-16-12-19-18(20-17(16)22(2)3)23-7-9-27-10-8-23/h4-6,11-12,21H,7-10H2,1-3H3. The molecule has 0 radical (unpaired) electrons. The maximum absolute atomic E-state index is 12.8. The van der Waals surface area contributed by atoms with Gasteiger partial charge in [-0.25, -0.2) is 13.4 Å². The molecule has 1 aliphatic heterocycles. The molecule has 0 amide bonds. The van der Waals surface area contributed by atoms with Crippen molar-refractivity contribution in [3.8, 4) is 0 Å². The minimum absolute atomic E-state index is 0.00200. The van der Waals surface area contributed by atoms with E-state index in [1.807, 2.05) is 4.90 Å². The number of Topliss-reactive ketones (excluding diaryl/α,β-unsaturated/α-hetero) is 1. The van der Waals surface area contributed by atoms with Crippen LogP contribution in [0.5, 0.6) is 0 Å². The van der Waals surface area contributed by atoms with E-state index in [-0.39, 0.29) is 16.4 Å². The molecular formula is C18H23N5O4S. The van der Waals surface area contributed by atoms with Gasteiger partial charge in [0.25, 0.3) is 10.0 Å². The van der Waals surface area contributed by atoms with Crippen molar-refractivity contribution in [1.29, 1.82) is 0 Å². The minimum atomic E-state index is -3.91. The molecule has 0 aliphatic carbocycles. The Morgan fingerprint density at radius 2 is 1.96 bits per heavy atom. The fourth-order valence-corrected chi connectivity index (χ4v) is 3.87. The molecule has 2 aromatic rings. The number of nitrogens with zero attached hydrogens (tertiary/aromatic N) is 4. The van der Waals surface area contributed by atoms with E-state index in [4.69, 9.17) is 4.74 Å². The topological polar surface area (TPSA) is 105 Å². The quantitative estimate of drug-likeness (QED) is 0.719. The van der Waals surface area contributed by atoms with Crippen LogP contribution in [0.1, 0.15) is 17.3 Å². The van der Waals surface area contributed by atoms with Crippen LogP contribution in [0, 0.1) is 0 Å². The number of nitrogens with one attached hydrogen (secondary N) is 1. The summed E-state index contributed by atoms with van der Waals surface area (Å²) in [4.78, 5) is 24.1. The number of rotatable bonds is 6. The van der Waals surface area contributed by atoms with Crippen LogP contribution in [0.4, 0.5) is 17.5 Å². The predicted octanol–water partition coefficient (Wildman–Crippen LogP) is 1.38. The highest BCUT2D eigenvalue weighted by Crippen LogP contribution is 2.27. The molecule has 28 heavy (non-hydrogen) atoms. The average Bonchev–Trinajstić information content (AvgIpc) is 2.68. The largest absolute Gasteiger partial charge is 0.378 e. The summed E-state index contributed by atoms with van der Waals surface area (Å²) in [5.41, 5.74) is 0.588. The molecule has 10 heteroatoms. The zero-order valence-electron chi connectivity index (χ0n) is 16.0. The minimum Gasteiger partial charge on any atom is -0.378 e. The normalized spacial score (nSPS) is 14.6. The van der Waals surface area contributed by atoms with E-state index in [2.05, 4.69) is 14.7 Å². The van der Waals surface area contributed by atoms with Gasteiger partial charge in [-0.1, -0.05) is 12.1 Å². The first-order valence-corrected chi connectivity index (χ1v) is 10.3. The molecule has 1 aliphatic rings. The molecule has 1 fully saturated rings. The van der Waals surface area contributed by atoms with Crippen LogP contribution in [0.2, 0.25) is 0 Å². The summed E-state index contributed by atoms with van der Waals surface area (Å²) in [6, 6.07) is 5.90. The maximum Gasteiger partial charge on any atom is 0.262 e. The Morgan fingerprint density at radius 1 is 1.25 bits per heavy atom. The first-order valence-electron chi connectivity index (χ1n) is 8.79. The van der Waals surface area contributed by atoms with Crippen LogP contribution >= 0.6 is 0 Å². The highest BCUT2D eigenvalue weighted by atomic mass is 32.2. The molecule has 1 aromatic heterocycles. The third-order valence-corrected chi connectivity index (χ3v) is 5.63. The third-order valence-electron chi connectivity index (χ3n) is 4.27. The van der Waals surface area contributed by atoms with Crippen LogP contribution in [0.25, 0.3) is 0 Å². The van der Waals surface area contributed by atoms with Crippen molar-refractivity contribution in [2.75, 3.05) is 54.9 Å². The number of sulfonamides is 1. The first kappa shape index (κ1) is 20.0. The second-order valence-electron chi connectivity index (χ2n) is 6.59. The monoisotopic (exact) mass is 405 g/mol. The molecule has 9 nitrogen and oxygen atoms in total. The van der Waals surface area contributed by atoms with Gasteiger partial charge in [-0.2, -0.15) is 4.98 Å². The van der Waals surface area contributed by atoms with Crippen molar-refractivity contribution < 1.29 is 17.9 Å². The molecular weight excluding hydrogens is 382 g/mol. The number of benzene rings is 1. The molecule has 1 N–H and O–H groups in total. The number of aromatic nitrogens is 2. The lowest BCUT2D eigenvalue weighted by Crippen LogP contribution is -2.37. The van der Waals surface area contributed by atoms with Gasteiger partial charge in [-0.05, 0) is 19.1 Å². The molecule has 1 aromatic carbocycles. The second-order valence-corrected chi connectivity index (χ2v) is 8.27. The molecule has 0 unspecified atom stereocenters. The van der Waals surface area contributed by atoms with E-state index < -0.39 is 10.0 Å². The molecule has 150 valence electrons. The number of hydrogen-bond acceptors (Lipinski definition) is 8. The second kappa shape index (κ2) is 8.11. The zero-order valence-corrected chi connectivity index (χ0v) is 16.9. The Kier molecular flexibility index (Phi) is 5.80. The molecule has 0 bridgehead atoms. The van der Waals surface area contributed by atoms with Gasteiger partial charge in [-0.3, -0.25) is 9.52 Å². The van der Waals surface area contributed by atoms with E-state index in [0.29, 0.717) is 43.6 Å². The molecule has 0 saturated carbocycles. The number of carbonyl (C=O) groups excluding carboxylic acids is 1. The van der Waals surface area contributed by atoms with E-state index >= 15 is 0 Å². The van der Waals surface area contributed by atoms with Crippen molar-refractivity contribution in [3.63, 3.8) is 0 Å². The van der Waals surface area contributed by atoms with E-state index in [1.54, 1.807) is 25.1 Å². The molecule has 3 rings (SSSR count). The van der Waals surface area contributed by atoms with Crippen molar-refractivity contribution in [2.24, 2.45) is 0 Å². The number of morpholine rings is 1. The fourth-order valence-electron chi connectivity index (χ4n) is 2.78. The van der Waals surface area contributed by atoms with Crippen molar-refractivity contribution in [2.45, 2.75) is 11.8 Å². The lowest BCUT2D eigenvalue weighted by Gasteiger charge is -2.28. The first-order chi connectivity index (χ1) is 13.3. The molecule has 0 atom stereocenters. The molecule has 1 saturated heterocycles. The van der Waals surface area contributed by atoms with Gasteiger partial charge in [-0.15, -0.1) is 0 Å². The Bertz CT molecular complexity index is 972. The average molecular weight is 405 g/mol. The summed E-state index contributed by atoms with van der Waals surface area (Å²) < 4.78 is 33.5. The van der Waals surface area contributed by atoms with Crippen LogP contribution in [0.3, 0.4) is 0 Å². The van der Waals surface area contributed by atoms with Gasteiger partial charge in [0.15, 0.2) is 11.6 Å². The molecule has 0 spiro atoms. The van der Waals surface area contributed by atoms with Crippen LogP contribution in [-0.4, -0.2) is 64.6 Å². The summed E-state index contributed by atoms with van der Waals surface area (Å²) in [6.07, 6.45) is 1.46.